The lowest BCUT2D eigenvalue weighted by Gasteiger charge is -2.36. The van der Waals surface area contributed by atoms with Crippen LogP contribution in [0.3, 0.4) is 0 Å². The van der Waals surface area contributed by atoms with Gasteiger partial charge in [-0.2, -0.15) is 0 Å². The first-order valence-corrected chi connectivity index (χ1v) is 6.86. The molecule has 0 aliphatic carbocycles. The maximum Gasteiger partial charge on any atom is 0.410 e. The summed E-state index contributed by atoms with van der Waals surface area (Å²) in [6.07, 6.45) is 2.30. The van der Waals surface area contributed by atoms with Crippen LogP contribution in [-0.4, -0.2) is 44.8 Å². The molecule has 0 radical (unpaired) electrons. The summed E-state index contributed by atoms with van der Waals surface area (Å²) in [5, 5.41) is 8.70. The average Bonchev–Trinajstić information content (AvgIpc) is 2.56. The number of ether oxygens (including phenoxy) is 1. The second-order valence-electron chi connectivity index (χ2n) is 4.66. The van der Waals surface area contributed by atoms with E-state index in [-0.39, 0.29) is 24.8 Å². The summed E-state index contributed by atoms with van der Waals surface area (Å²) in [6.45, 7) is -0.271. The van der Waals surface area contributed by atoms with Crippen molar-refractivity contribution >= 4 is 40.9 Å². The standard InChI is InChI=1S/C10H14Cl3NO4/c11-10(12,13)5-17-9(15)14-6-1-2-7(14)4-8(3-6)18-16/h6-8,16H,1-5H2. The van der Waals surface area contributed by atoms with Crippen LogP contribution in [-0.2, 0) is 9.62 Å². The van der Waals surface area contributed by atoms with E-state index < -0.39 is 9.89 Å². The first-order valence-electron chi connectivity index (χ1n) is 5.73. The van der Waals surface area contributed by atoms with Gasteiger partial charge in [0.15, 0.2) is 0 Å². The van der Waals surface area contributed by atoms with E-state index in [4.69, 9.17) is 44.8 Å². The number of nitrogens with zero attached hydrogens (tertiary/aromatic N) is 1. The molecule has 0 saturated carbocycles. The van der Waals surface area contributed by atoms with Crippen LogP contribution in [0.2, 0.25) is 0 Å². The molecule has 0 aromatic rings. The monoisotopic (exact) mass is 317 g/mol. The fourth-order valence-corrected chi connectivity index (χ4v) is 2.89. The molecule has 2 bridgehead atoms. The van der Waals surface area contributed by atoms with Gasteiger partial charge >= 0.3 is 6.09 Å². The van der Waals surface area contributed by atoms with Gasteiger partial charge in [0.2, 0.25) is 3.79 Å². The molecule has 18 heavy (non-hydrogen) atoms. The number of piperidine rings is 1. The quantitative estimate of drug-likeness (QED) is 0.483. The molecule has 2 heterocycles. The third-order valence-corrected chi connectivity index (χ3v) is 3.74. The molecule has 0 aromatic heterocycles. The minimum absolute atomic E-state index is 0.0313. The number of carbonyl (C=O) groups is 1. The number of alkyl halides is 3. The Kier molecular flexibility index (Phi) is 4.49. The maximum atomic E-state index is 11.9. The van der Waals surface area contributed by atoms with E-state index in [1.54, 1.807) is 4.90 Å². The van der Waals surface area contributed by atoms with Crippen molar-refractivity contribution in [2.45, 2.75) is 47.7 Å². The molecule has 104 valence electrons. The van der Waals surface area contributed by atoms with Gasteiger partial charge in [0.05, 0.1) is 6.10 Å². The minimum atomic E-state index is -1.60. The molecule has 2 unspecified atom stereocenters. The lowest BCUT2D eigenvalue weighted by atomic mass is 10.0. The Morgan fingerprint density at radius 2 is 1.83 bits per heavy atom. The van der Waals surface area contributed by atoms with Crippen molar-refractivity contribution < 1.29 is 19.7 Å². The normalized spacial score (nSPS) is 31.6. The maximum absolute atomic E-state index is 11.9. The van der Waals surface area contributed by atoms with E-state index in [0.717, 1.165) is 12.8 Å². The van der Waals surface area contributed by atoms with Gasteiger partial charge in [-0.15, -0.1) is 0 Å². The third kappa shape index (κ3) is 3.33. The predicted octanol–water partition coefficient (Wildman–Crippen LogP) is 2.98. The highest BCUT2D eigenvalue weighted by atomic mass is 35.6. The van der Waals surface area contributed by atoms with Crippen LogP contribution >= 0.6 is 34.8 Å². The van der Waals surface area contributed by atoms with Gasteiger partial charge in [0.1, 0.15) is 6.61 Å². The largest absolute Gasteiger partial charge is 0.445 e. The number of rotatable bonds is 2. The minimum Gasteiger partial charge on any atom is -0.445 e. The van der Waals surface area contributed by atoms with E-state index in [2.05, 4.69) is 4.89 Å². The second-order valence-corrected chi connectivity index (χ2v) is 7.18. The summed E-state index contributed by atoms with van der Waals surface area (Å²) in [5.74, 6) is 0. The molecule has 5 nitrogen and oxygen atoms in total. The summed E-state index contributed by atoms with van der Waals surface area (Å²) in [5.41, 5.74) is 0. The highest BCUT2D eigenvalue weighted by molar-refractivity contribution is 6.67. The van der Waals surface area contributed by atoms with Crippen LogP contribution in [0.1, 0.15) is 25.7 Å². The molecule has 2 aliphatic heterocycles. The van der Waals surface area contributed by atoms with Crippen molar-refractivity contribution in [3.63, 3.8) is 0 Å². The van der Waals surface area contributed by atoms with Crippen LogP contribution in [0.5, 0.6) is 0 Å². The lowest BCUT2D eigenvalue weighted by molar-refractivity contribution is -0.288. The highest BCUT2D eigenvalue weighted by Gasteiger charge is 2.45. The zero-order valence-corrected chi connectivity index (χ0v) is 11.8. The molecule has 0 spiro atoms. The Hall–Kier alpha value is 0.0600. The Morgan fingerprint density at radius 3 is 2.28 bits per heavy atom. The molecule has 2 aliphatic rings. The Balaban J connectivity index is 1.92. The molecular formula is C10H14Cl3NO4. The van der Waals surface area contributed by atoms with E-state index in [9.17, 15) is 4.79 Å². The predicted molar refractivity (Wildman–Crippen MR) is 67.0 cm³/mol. The Labute approximate surface area is 120 Å². The van der Waals surface area contributed by atoms with Crippen LogP contribution in [0.25, 0.3) is 0 Å². The second kappa shape index (κ2) is 5.59. The number of hydrogen-bond donors (Lipinski definition) is 1. The zero-order chi connectivity index (χ0) is 13.3. The molecule has 2 atom stereocenters. The topological polar surface area (TPSA) is 59.0 Å². The number of hydrogen-bond acceptors (Lipinski definition) is 4. The SMILES string of the molecule is O=C(OCC(Cl)(Cl)Cl)N1C2CCC1CC(OO)C2. The first kappa shape index (κ1) is 14.5. The fraction of sp³-hybridized carbons (Fsp3) is 0.900. The molecule has 2 saturated heterocycles. The van der Waals surface area contributed by atoms with Crippen molar-refractivity contribution in [3.8, 4) is 0 Å². The van der Waals surface area contributed by atoms with E-state index >= 15 is 0 Å². The number of carbonyl (C=O) groups excluding carboxylic acids is 1. The van der Waals surface area contributed by atoms with Crippen LogP contribution in [0.15, 0.2) is 0 Å². The summed E-state index contributed by atoms with van der Waals surface area (Å²) >= 11 is 16.6. The fourth-order valence-electron chi connectivity index (χ4n) is 2.73. The summed E-state index contributed by atoms with van der Waals surface area (Å²) < 4.78 is 3.39. The summed E-state index contributed by atoms with van der Waals surface area (Å²) in [6, 6.07) is 0.0625. The Morgan fingerprint density at radius 1 is 1.28 bits per heavy atom. The molecule has 1 N–H and O–H groups in total. The average molecular weight is 319 g/mol. The van der Waals surface area contributed by atoms with Crippen molar-refractivity contribution in [2.24, 2.45) is 0 Å². The third-order valence-electron chi connectivity index (χ3n) is 3.41. The molecule has 2 rings (SSSR count). The number of amides is 1. The van der Waals surface area contributed by atoms with E-state index in [1.807, 2.05) is 0 Å². The van der Waals surface area contributed by atoms with E-state index in [0.29, 0.717) is 12.8 Å². The van der Waals surface area contributed by atoms with Crippen molar-refractivity contribution in [1.82, 2.24) is 4.90 Å². The van der Waals surface area contributed by atoms with Gasteiger partial charge in [0.25, 0.3) is 0 Å². The lowest BCUT2D eigenvalue weighted by Crippen LogP contribution is -2.49. The molecule has 2 fully saturated rings. The zero-order valence-electron chi connectivity index (χ0n) is 9.52. The van der Waals surface area contributed by atoms with Crippen molar-refractivity contribution in [3.05, 3.63) is 0 Å². The molecule has 8 heteroatoms. The molecular weight excluding hydrogens is 304 g/mol. The van der Waals surface area contributed by atoms with Gasteiger partial charge in [-0.05, 0) is 25.7 Å². The van der Waals surface area contributed by atoms with Crippen molar-refractivity contribution in [1.29, 1.82) is 0 Å². The summed E-state index contributed by atoms with van der Waals surface area (Å²) in [4.78, 5) is 18.0. The summed E-state index contributed by atoms with van der Waals surface area (Å²) in [7, 11) is 0. The first-order chi connectivity index (χ1) is 8.40. The van der Waals surface area contributed by atoms with E-state index in [1.165, 1.54) is 0 Å². The molecule has 0 aromatic carbocycles. The van der Waals surface area contributed by atoms with Gasteiger partial charge in [0, 0.05) is 12.1 Å². The van der Waals surface area contributed by atoms with Crippen LogP contribution in [0.4, 0.5) is 4.79 Å². The smallest absolute Gasteiger partial charge is 0.410 e. The van der Waals surface area contributed by atoms with Crippen molar-refractivity contribution in [2.75, 3.05) is 6.61 Å². The molecule has 1 amide bonds. The van der Waals surface area contributed by atoms with Gasteiger partial charge < -0.3 is 9.64 Å². The number of fused-ring (bicyclic) bond motifs is 2. The van der Waals surface area contributed by atoms with Gasteiger partial charge in [-0.25, -0.2) is 9.68 Å². The van der Waals surface area contributed by atoms with Crippen LogP contribution < -0.4 is 0 Å². The highest BCUT2D eigenvalue weighted by Crippen LogP contribution is 2.37. The van der Waals surface area contributed by atoms with Crippen LogP contribution in [0, 0.1) is 0 Å². The Bertz CT molecular complexity index is 309. The number of halogens is 3. The van der Waals surface area contributed by atoms with Gasteiger partial charge in [-0.1, -0.05) is 34.8 Å². The van der Waals surface area contributed by atoms with Gasteiger partial charge in [-0.3, -0.25) is 5.26 Å².